The Morgan fingerprint density at radius 2 is 2.11 bits per heavy atom. The summed E-state index contributed by atoms with van der Waals surface area (Å²) in [6.07, 6.45) is 4.70. The first kappa shape index (κ1) is 14.1. The van der Waals surface area contributed by atoms with Gasteiger partial charge in [0.15, 0.2) is 0 Å². The lowest BCUT2D eigenvalue weighted by molar-refractivity contribution is 0.269. The van der Waals surface area contributed by atoms with E-state index in [-0.39, 0.29) is 12.6 Å². The third-order valence-electron chi connectivity index (χ3n) is 2.98. The van der Waals surface area contributed by atoms with Crippen molar-refractivity contribution >= 4 is 21.6 Å². The fourth-order valence-corrected chi connectivity index (χ4v) is 2.24. The van der Waals surface area contributed by atoms with E-state index >= 15 is 0 Å². The highest BCUT2D eigenvalue weighted by Crippen LogP contribution is 2.23. The second kappa shape index (κ2) is 6.73. The summed E-state index contributed by atoms with van der Waals surface area (Å²) in [6.45, 7) is 2.78. The lowest BCUT2D eigenvalue weighted by Gasteiger charge is -2.17. The van der Waals surface area contributed by atoms with Gasteiger partial charge in [-0.15, -0.1) is 0 Å². The third-order valence-corrected chi connectivity index (χ3v) is 3.51. The molecule has 2 rings (SSSR count). The van der Waals surface area contributed by atoms with Gasteiger partial charge in [-0.25, -0.2) is 0 Å². The van der Waals surface area contributed by atoms with Crippen LogP contribution in [-0.2, 0) is 6.54 Å². The minimum Gasteiger partial charge on any atom is -0.394 e. The minimum absolute atomic E-state index is 0.102. The predicted molar refractivity (Wildman–Crippen MR) is 80.1 cm³/mol. The molecule has 0 spiro atoms. The first-order valence-electron chi connectivity index (χ1n) is 6.38. The summed E-state index contributed by atoms with van der Waals surface area (Å²) in [5, 5.41) is 16.5. The molecule has 0 saturated heterocycles. The Hall–Kier alpha value is -1.33. The lowest BCUT2D eigenvalue weighted by Crippen LogP contribution is -2.09. The molecule has 0 aliphatic rings. The summed E-state index contributed by atoms with van der Waals surface area (Å²) >= 11 is 3.45. The van der Waals surface area contributed by atoms with Crippen molar-refractivity contribution in [2.24, 2.45) is 0 Å². The van der Waals surface area contributed by atoms with E-state index in [1.165, 1.54) is 5.56 Å². The molecule has 1 atom stereocenters. The highest BCUT2D eigenvalue weighted by Gasteiger charge is 2.10. The number of rotatable bonds is 6. The molecule has 1 unspecified atom stereocenters. The molecule has 0 bridgehead atoms. The van der Waals surface area contributed by atoms with Crippen molar-refractivity contribution in [1.82, 2.24) is 9.78 Å². The molecule has 1 heterocycles. The maximum atomic E-state index is 8.88. The molecular weight excluding hydrogens is 306 g/mol. The largest absolute Gasteiger partial charge is 0.394 e. The van der Waals surface area contributed by atoms with Crippen LogP contribution in [0.25, 0.3) is 0 Å². The molecular formula is C14H18BrN3O. The van der Waals surface area contributed by atoms with Gasteiger partial charge in [-0.05, 0) is 24.1 Å². The van der Waals surface area contributed by atoms with Crippen LogP contribution in [0.3, 0.4) is 0 Å². The molecule has 19 heavy (non-hydrogen) atoms. The maximum absolute atomic E-state index is 8.88. The molecule has 0 radical (unpaired) electrons. The van der Waals surface area contributed by atoms with E-state index in [0.717, 1.165) is 16.6 Å². The lowest BCUT2D eigenvalue weighted by atomic mass is 10.0. The van der Waals surface area contributed by atoms with E-state index in [9.17, 15) is 0 Å². The van der Waals surface area contributed by atoms with Crippen LogP contribution in [0.5, 0.6) is 0 Å². The first-order valence-corrected chi connectivity index (χ1v) is 7.17. The zero-order valence-corrected chi connectivity index (χ0v) is 12.5. The summed E-state index contributed by atoms with van der Waals surface area (Å²) in [7, 11) is 0. The smallest absolute Gasteiger partial charge is 0.0731 e. The molecule has 2 N–H and O–H groups in total. The van der Waals surface area contributed by atoms with Crippen molar-refractivity contribution in [3.8, 4) is 0 Å². The number of halogens is 1. The van der Waals surface area contributed by atoms with Crippen LogP contribution >= 0.6 is 15.9 Å². The van der Waals surface area contributed by atoms with Gasteiger partial charge in [0.2, 0.25) is 0 Å². The van der Waals surface area contributed by atoms with Gasteiger partial charge < -0.3 is 10.4 Å². The third kappa shape index (κ3) is 3.81. The highest BCUT2D eigenvalue weighted by atomic mass is 79.9. The summed E-state index contributed by atoms with van der Waals surface area (Å²) in [5.74, 6) is 0. The molecule has 1 aromatic carbocycles. The van der Waals surface area contributed by atoms with Crippen LogP contribution in [0.4, 0.5) is 5.69 Å². The van der Waals surface area contributed by atoms with Crippen molar-refractivity contribution < 1.29 is 5.11 Å². The standard InChI is InChI=1S/C14H18BrN3O/c1-2-14(11-3-5-12(15)6-4-11)17-13-9-16-18(10-13)7-8-19/h3-6,9-10,14,17,19H,2,7-8H2,1H3. The average molecular weight is 324 g/mol. The van der Waals surface area contributed by atoms with Gasteiger partial charge >= 0.3 is 0 Å². The van der Waals surface area contributed by atoms with E-state index in [4.69, 9.17) is 5.11 Å². The van der Waals surface area contributed by atoms with Crippen LogP contribution in [-0.4, -0.2) is 21.5 Å². The van der Waals surface area contributed by atoms with Crippen LogP contribution in [0.1, 0.15) is 24.9 Å². The van der Waals surface area contributed by atoms with E-state index in [2.05, 4.69) is 57.5 Å². The van der Waals surface area contributed by atoms with Crippen molar-refractivity contribution in [1.29, 1.82) is 0 Å². The van der Waals surface area contributed by atoms with E-state index < -0.39 is 0 Å². The number of nitrogens with one attached hydrogen (secondary N) is 1. The summed E-state index contributed by atoms with van der Waals surface area (Å²) in [6, 6.07) is 8.59. The Morgan fingerprint density at radius 3 is 2.74 bits per heavy atom. The normalized spacial score (nSPS) is 12.4. The molecule has 0 amide bonds. The Labute approximate surface area is 121 Å². The number of nitrogens with zero attached hydrogens (tertiary/aromatic N) is 2. The van der Waals surface area contributed by atoms with Gasteiger partial charge in [-0.2, -0.15) is 5.10 Å². The number of anilines is 1. The molecule has 4 nitrogen and oxygen atoms in total. The second-order valence-electron chi connectivity index (χ2n) is 4.37. The van der Waals surface area contributed by atoms with Gasteiger partial charge in [-0.1, -0.05) is 35.0 Å². The van der Waals surface area contributed by atoms with Crippen LogP contribution < -0.4 is 5.32 Å². The first-order chi connectivity index (χ1) is 9.22. The molecule has 5 heteroatoms. The molecule has 0 aliphatic heterocycles. The van der Waals surface area contributed by atoms with Crippen LogP contribution in [0.15, 0.2) is 41.1 Å². The SMILES string of the molecule is CCC(Nc1cnn(CCO)c1)c1ccc(Br)cc1. The topological polar surface area (TPSA) is 50.1 Å². The molecule has 0 aliphatic carbocycles. The summed E-state index contributed by atoms with van der Waals surface area (Å²) in [5.41, 5.74) is 2.23. The Morgan fingerprint density at radius 1 is 1.37 bits per heavy atom. The number of hydrogen-bond donors (Lipinski definition) is 2. The minimum atomic E-state index is 0.102. The van der Waals surface area contributed by atoms with Crippen molar-refractivity contribution in [3.63, 3.8) is 0 Å². The monoisotopic (exact) mass is 323 g/mol. The number of aliphatic hydroxyl groups excluding tert-OH is 1. The zero-order valence-electron chi connectivity index (χ0n) is 10.9. The zero-order chi connectivity index (χ0) is 13.7. The molecule has 2 aromatic rings. The summed E-state index contributed by atoms with van der Waals surface area (Å²) in [4.78, 5) is 0. The van der Waals surface area contributed by atoms with Crippen molar-refractivity contribution in [2.45, 2.75) is 25.9 Å². The van der Waals surface area contributed by atoms with Crippen LogP contribution in [0.2, 0.25) is 0 Å². The van der Waals surface area contributed by atoms with E-state index in [0.29, 0.717) is 6.54 Å². The number of aliphatic hydroxyl groups is 1. The predicted octanol–water partition coefficient (Wildman–Crippen LogP) is 3.20. The average Bonchev–Trinajstić information content (AvgIpc) is 2.85. The van der Waals surface area contributed by atoms with Gasteiger partial charge in [0.05, 0.1) is 31.1 Å². The maximum Gasteiger partial charge on any atom is 0.0731 e. The Kier molecular flexibility index (Phi) is 4.99. The van der Waals surface area contributed by atoms with Crippen molar-refractivity contribution in [3.05, 3.63) is 46.7 Å². The van der Waals surface area contributed by atoms with Gasteiger partial charge in [0.1, 0.15) is 0 Å². The highest BCUT2D eigenvalue weighted by molar-refractivity contribution is 9.10. The van der Waals surface area contributed by atoms with Gasteiger partial charge in [0, 0.05) is 10.7 Å². The molecule has 1 aromatic heterocycles. The van der Waals surface area contributed by atoms with Gasteiger partial charge in [0.25, 0.3) is 0 Å². The van der Waals surface area contributed by atoms with Crippen LogP contribution in [0, 0.1) is 0 Å². The fourth-order valence-electron chi connectivity index (χ4n) is 1.98. The van der Waals surface area contributed by atoms with Gasteiger partial charge in [-0.3, -0.25) is 4.68 Å². The van der Waals surface area contributed by atoms with E-state index in [1.54, 1.807) is 10.9 Å². The Balaban J connectivity index is 2.07. The quantitative estimate of drug-likeness (QED) is 0.858. The number of benzene rings is 1. The number of aromatic nitrogens is 2. The Bertz CT molecular complexity index is 510. The van der Waals surface area contributed by atoms with E-state index in [1.807, 2.05) is 6.20 Å². The molecule has 0 fully saturated rings. The second-order valence-corrected chi connectivity index (χ2v) is 5.29. The van der Waals surface area contributed by atoms with Crippen molar-refractivity contribution in [2.75, 3.05) is 11.9 Å². The molecule has 0 saturated carbocycles. The molecule has 102 valence electrons. The number of hydrogen-bond acceptors (Lipinski definition) is 3. The summed E-state index contributed by atoms with van der Waals surface area (Å²) < 4.78 is 2.82. The fraction of sp³-hybridized carbons (Fsp3) is 0.357.